The maximum absolute atomic E-state index is 7.09. The van der Waals surface area contributed by atoms with Gasteiger partial charge in [0.05, 0.1) is 4.11 Å². The lowest BCUT2D eigenvalue weighted by Gasteiger charge is -1.76. The van der Waals surface area contributed by atoms with Crippen LogP contribution < -0.4 is 0 Å². The molecule has 1 nitrogen and oxygen atoms in total. The molecule has 0 aromatic carbocycles. The first-order valence-corrected chi connectivity index (χ1v) is 1.23. The maximum atomic E-state index is 7.09. The van der Waals surface area contributed by atoms with Gasteiger partial charge in [-0.15, -0.1) is 0 Å². The van der Waals surface area contributed by atoms with Crippen molar-refractivity contribution in [1.29, 1.82) is 0 Å². The van der Waals surface area contributed by atoms with E-state index in [2.05, 4.69) is 4.74 Å². The number of hydrogen-bond acceptors (Lipinski definition) is 1. The SMILES string of the molecule is [2H]C1OC([2H])([2H])C([2H])([2H])C1([2H])[2H]. The first-order valence-electron chi connectivity index (χ1n) is 4.81. The highest BCUT2D eigenvalue weighted by Crippen LogP contribution is 1.98. The van der Waals surface area contributed by atoms with Crippen molar-refractivity contribution in [1.82, 2.24) is 0 Å². The molecule has 1 aliphatic rings. The maximum Gasteiger partial charge on any atom is 0.0567 e. The molecule has 0 radical (unpaired) electrons. The van der Waals surface area contributed by atoms with Gasteiger partial charge in [0.2, 0.25) is 0 Å². The second-order valence-corrected chi connectivity index (χ2v) is 0.607. The minimum atomic E-state index is -2.79. The average molecular weight is 79.1 g/mol. The molecule has 0 aliphatic carbocycles. The number of rotatable bonds is 0. The zero-order valence-electron chi connectivity index (χ0n) is 9.49. The molecule has 1 rings (SSSR count). The predicted octanol–water partition coefficient (Wildman–Crippen LogP) is 0.797. The quantitative estimate of drug-likeness (QED) is 0.417. The molecule has 0 amide bonds. The highest BCUT2D eigenvalue weighted by atomic mass is 16.5. The van der Waals surface area contributed by atoms with E-state index in [-0.39, 0.29) is 0 Å². The van der Waals surface area contributed by atoms with E-state index in [0.29, 0.717) is 0 Å². The standard InChI is InChI=1S/C4H8O/c1-2-4-5-3-1/h1-4H2/i1D2,2D2,3D,4D2. The lowest BCUT2D eigenvalue weighted by molar-refractivity contribution is 0.198. The second kappa shape index (κ2) is 1.41. The summed E-state index contributed by atoms with van der Waals surface area (Å²) in [5, 5.41) is 0. The van der Waals surface area contributed by atoms with Gasteiger partial charge in [-0.05, 0) is 12.7 Å². The number of hydrogen-bond donors (Lipinski definition) is 0. The van der Waals surface area contributed by atoms with Gasteiger partial charge in [-0.3, -0.25) is 0 Å². The van der Waals surface area contributed by atoms with Crippen molar-refractivity contribution in [2.75, 3.05) is 13.1 Å². The molecule has 0 saturated carbocycles. The highest BCUT2D eigenvalue weighted by molar-refractivity contribution is 4.43. The zero-order chi connectivity index (χ0) is 9.78. The molecular weight excluding hydrogens is 64.0 g/mol. The fourth-order valence-corrected chi connectivity index (χ4v) is 0.147. The fraction of sp³-hybridized carbons (Fsp3) is 1.00. The van der Waals surface area contributed by atoms with Gasteiger partial charge in [-0.2, -0.15) is 0 Å². The third-order valence-corrected chi connectivity index (χ3v) is 0.300. The van der Waals surface area contributed by atoms with Gasteiger partial charge in [0.15, 0.2) is 0 Å². The monoisotopic (exact) mass is 79.1 g/mol. The van der Waals surface area contributed by atoms with E-state index in [1.165, 1.54) is 0 Å². The summed E-state index contributed by atoms with van der Waals surface area (Å²) in [6.45, 7) is -4.55. The molecule has 0 N–H and O–H groups in total. The molecule has 0 aromatic rings. The molecule has 1 atom stereocenters. The van der Waals surface area contributed by atoms with Crippen molar-refractivity contribution in [2.45, 2.75) is 12.7 Å². The molecule has 0 spiro atoms. The van der Waals surface area contributed by atoms with Gasteiger partial charge in [-0.25, -0.2) is 0 Å². The molecule has 1 unspecified atom stereocenters. The van der Waals surface area contributed by atoms with Crippen LogP contribution in [0.4, 0.5) is 0 Å². The first-order chi connectivity index (χ1) is 5.13. The fourth-order valence-electron chi connectivity index (χ4n) is 0.147. The van der Waals surface area contributed by atoms with E-state index < -0.39 is 25.9 Å². The Hall–Kier alpha value is -0.0400. The van der Waals surface area contributed by atoms with Gasteiger partial charge >= 0.3 is 0 Å². The Kier molecular flexibility index (Phi) is 0.153. The van der Waals surface area contributed by atoms with Crippen molar-refractivity contribution in [3.8, 4) is 0 Å². The van der Waals surface area contributed by atoms with Gasteiger partial charge < -0.3 is 4.74 Å². The molecule has 1 saturated heterocycles. The van der Waals surface area contributed by atoms with Crippen molar-refractivity contribution < 1.29 is 14.3 Å². The average Bonchev–Trinajstić information content (AvgIpc) is 1.92. The Morgan fingerprint density at radius 1 is 1.60 bits per heavy atom. The minimum absolute atomic E-state index is 1.82. The molecule has 1 heterocycles. The molecule has 1 aliphatic heterocycles. The Morgan fingerprint density at radius 2 is 2.60 bits per heavy atom. The van der Waals surface area contributed by atoms with E-state index >= 15 is 0 Å². The number of ether oxygens (including phenoxy) is 1. The molecular formula is C4H8O. The van der Waals surface area contributed by atoms with E-state index in [0.717, 1.165) is 0 Å². The summed E-state index contributed by atoms with van der Waals surface area (Å²) < 4.78 is 53.5. The highest BCUT2D eigenvalue weighted by Gasteiger charge is 1.94. The Bertz CT molecular complexity index is 200. The summed E-state index contributed by atoms with van der Waals surface area (Å²) in [6.07, 6.45) is -5.40. The summed E-state index contributed by atoms with van der Waals surface area (Å²) in [6, 6.07) is 0. The van der Waals surface area contributed by atoms with Crippen LogP contribution in [0.3, 0.4) is 0 Å². The summed E-state index contributed by atoms with van der Waals surface area (Å²) in [7, 11) is 0. The smallest absolute Gasteiger partial charge is 0.0567 e. The molecule has 1 heteroatoms. The summed E-state index contributed by atoms with van der Waals surface area (Å²) in [5.41, 5.74) is 0. The van der Waals surface area contributed by atoms with Crippen LogP contribution in [0.25, 0.3) is 0 Å². The topological polar surface area (TPSA) is 9.23 Å². The normalized spacial score (nSPS) is 89.6. The van der Waals surface area contributed by atoms with Crippen LogP contribution in [0.15, 0.2) is 0 Å². The summed E-state index contributed by atoms with van der Waals surface area (Å²) >= 11 is 0. The van der Waals surface area contributed by atoms with Crippen LogP contribution in [0.2, 0.25) is 0 Å². The van der Waals surface area contributed by atoms with Crippen LogP contribution in [0, 0.1) is 0 Å². The van der Waals surface area contributed by atoms with E-state index in [9.17, 15) is 0 Å². The van der Waals surface area contributed by atoms with Crippen molar-refractivity contribution in [3.05, 3.63) is 0 Å². The van der Waals surface area contributed by atoms with Gasteiger partial charge in [0.25, 0.3) is 0 Å². The van der Waals surface area contributed by atoms with Crippen LogP contribution in [0.1, 0.15) is 22.3 Å². The summed E-state index contributed by atoms with van der Waals surface area (Å²) in [5.74, 6) is 0. The Labute approximate surface area is 41.8 Å². The molecule has 0 aromatic heterocycles. The van der Waals surface area contributed by atoms with Gasteiger partial charge in [-0.1, -0.05) is 0 Å². The Balaban J connectivity index is 3.10. The largest absolute Gasteiger partial charge is 0.381 e. The third kappa shape index (κ3) is 0.618. The molecule has 30 valence electrons. The Morgan fingerprint density at radius 3 is 2.80 bits per heavy atom. The second-order valence-electron chi connectivity index (χ2n) is 0.607. The lowest BCUT2D eigenvalue weighted by atomic mass is 10.4. The predicted molar refractivity (Wildman–Crippen MR) is 20.1 cm³/mol. The van der Waals surface area contributed by atoms with Crippen LogP contribution in [0.5, 0.6) is 0 Å². The van der Waals surface area contributed by atoms with E-state index in [4.69, 9.17) is 9.60 Å². The van der Waals surface area contributed by atoms with Crippen molar-refractivity contribution in [3.63, 3.8) is 0 Å². The van der Waals surface area contributed by atoms with Crippen LogP contribution in [-0.4, -0.2) is 13.1 Å². The minimum Gasteiger partial charge on any atom is -0.381 e. The molecule has 0 bridgehead atoms. The van der Waals surface area contributed by atoms with E-state index in [1.54, 1.807) is 0 Å². The molecule has 5 heavy (non-hydrogen) atoms. The molecule has 1 fully saturated rings. The van der Waals surface area contributed by atoms with Gasteiger partial charge in [0, 0.05) is 18.6 Å². The van der Waals surface area contributed by atoms with Crippen molar-refractivity contribution >= 4 is 0 Å². The van der Waals surface area contributed by atoms with Crippen LogP contribution in [-0.2, 0) is 4.74 Å². The third-order valence-electron chi connectivity index (χ3n) is 0.300. The lowest BCUT2D eigenvalue weighted by Crippen LogP contribution is -1.74. The summed E-state index contributed by atoms with van der Waals surface area (Å²) in [4.78, 5) is 0. The van der Waals surface area contributed by atoms with Crippen LogP contribution >= 0.6 is 0 Å². The van der Waals surface area contributed by atoms with E-state index in [1.807, 2.05) is 0 Å². The zero-order valence-corrected chi connectivity index (χ0v) is 2.49. The first kappa shape index (κ1) is 0.544. The van der Waals surface area contributed by atoms with Crippen molar-refractivity contribution in [2.24, 2.45) is 0 Å². The van der Waals surface area contributed by atoms with Gasteiger partial charge in [0.1, 0.15) is 0 Å².